The van der Waals surface area contributed by atoms with Crippen LogP contribution < -0.4 is 9.47 Å². The Balaban J connectivity index is 2.17. The summed E-state index contributed by atoms with van der Waals surface area (Å²) in [6.07, 6.45) is -4.81. The van der Waals surface area contributed by atoms with E-state index in [1.54, 1.807) is 6.92 Å². The highest BCUT2D eigenvalue weighted by molar-refractivity contribution is 6.03. The summed E-state index contributed by atoms with van der Waals surface area (Å²) < 4.78 is 64.8. The Bertz CT molecular complexity index is 846. The molecule has 150 valence electrons. The maximum Gasteiger partial charge on any atom is 0.573 e. The Morgan fingerprint density at radius 2 is 1.57 bits per heavy atom. The number of benzene rings is 2. The average molecular weight is 400 g/mol. The summed E-state index contributed by atoms with van der Waals surface area (Å²) in [7, 11) is 0. The predicted molar refractivity (Wildman–Crippen MR) is 89.7 cm³/mol. The second-order valence-corrected chi connectivity index (χ2v) is 5.60. The van der Waals surface area contributed by atoms with Crippen molar-refractivity contribution < 1.29 is 41.4 Å². The average Bonchev–Trinajstić information content (AvgIpc) is 2.57. The molecule has 0 saturated carbocycles. The highest BCUT2D eigenvalue weighted by Gasteiger charge is 2.31. The lowest BCUT2D eigenvalue weighted by Gasteiger charge is -2.15. The zero-order valence-corrected chi connectivity index (χ0v) is 14.9. The molecule has 2 aromatic carbocycles. The summed E-state index contributed by atoms with van der Waals surface area (Å²) in [5.74, 6) is -3.96. The topological polar surface area (TPSA) is 61.8 Å². The first kappa shape index (κ1) is 21.2. The van der Waals surface area contributed by atoms with Crippen LogP contribution in [0, 0.1) is 5.82 Å². The van der Waals surface area contributed by atoms with E-state index in [1.165, 1.54) is 24.3 Å². The fourth-order valence-corrected chi connectivity index (χ4v) is 2.39. The predicted octanol–water partition coefficient (Wildman–Crippen LogP) is 4.75. The Kier molecular flexibility index (Phi) is 6.61. The van der Waals surface area contributed by atoms with Crippen molar-refractivity contribution in [1.82, 2.24) is 0 Å². The molecule has 5 nitrogen and oxygen atoms in total. The van der Waals surface area contributed by atoms with Crippen molar-refractivity contribution >= 4 is 11.8 Å². The molecule has 0 radical (unpaired) electrons. The molecule has 1 unspecified atom stereocenters. The SMILES string of the molecule is CCOC(=O)C(C(C)=O)c1ccc(Oc2ccc(OC(F)(F)F)cc2)cc1F. The van der Waals surface area contributed by atoms with Gasteiger partial charge in [-0.2, -0.15) is 0 Å². The number of Topliss-reactive ketones (excluding diaryl/α,β-unsaturated/α-hetero) is 1. The molecule has 0 saturated heterocycles. The second kappa shape index (κ2) is 8.73. The van der Waals surface area contributed by atoms with Crippen molar-refractivity contribution in [2.45, 2.75) is 26.1 Å². The Morgan fingerprint density at radius 3 is 2.07 bits per heavy atom. The van der Waals surface area contributed by atoms with Crippen molar-refractivity contribution in [3.05, 3.63) is 53.8 Å². The molecule has 1 atom stereocenters. The fraction of sp³-hybridized carbons (Fsp3) is 0.263. The third kappa shape index (κ3) is 5.70. The molecule has 0 N–H and O–H groups in total. The first-order valence-electron chi connectivity index (χ1n) is 8.11. The van der Waals surface area contributed by atoms with Gasteiger partial charge in [0, 0.05) is 11.6 Å². The minimum Gasteiger partial charge on any atom is -0.465 e. The van der Waals surface area contributed by atoms with E-state index in [0.717, 1.165) is 25.1 Å². The molecular weight excluding hydrogens is 384 g/mol. The molecular formula is C19H16F4O5. The van der Waals surface area contributed by atoms with Gasteiger partial charge in [-0.3, -0.25) is 9.59 Å². The Hall–Kier alpha value is -3.10. The third-order valence-corrected chi connectivity index (χ3v) is 3.50. The molecule has 2 rings (SSSR count). The smallest absolute Gasteiger partial charge is 0.465 e. The van der Waals surface area contributed by atoms with E-state index in [9.17, 15) is 27.2 Å². The van der Waals surface area contributed by atoms with Gasteiger partial charge in [0.05, 0.1) is 6.61 Å². The van der Waals surface area contributed by atoms with E-state index >= 15 is 0 Å². The third-order valence-electron chi connectivity index (χ3n) is 3.50. The molecule has 0 aliphatic rings. The number of hydrogen-bond donors (Lipinski definition) is 0. The normalized spacial score (nSPS) is 12.2. The molecule has 9 heteroatoms. The lowest BCUT2D eigenvalue weighted by atomic mass is 9.95. The zero-order chi connectivity index (χ0) is 20.9. The number of halogens is 4. The number of carbonyl (C=O) groups excluding carboxylic acids is 2. The fourth-order valence-electron chi connectivity index (χ4n) is 2.39. The first-order valence-corrected chi connectivity index (χ1v) is 8.11. The number of esters is 1. The molecule has 28 heavy (non-hydrogen) atoms. The summed E-state index contributed by atoms with van der Waals surface area (Å²) >= 11 is 0. The van der Waals surface area contributed by atoms with Crippen LogP contribution in [0.5, 0.6) is 17.2 Å². The quantitative estimate of drug-likeness (QED) is 0.381. The Morgan fingerprint density at radius 1 is 1.00 bits per heavy atom. The van der Waals surface area contributed by atoms with Gasteiger partial charge in [0.25, 0.3) is 0 Å². The lowest BCUT2D eigenvalue weighted by Crippen LogP contribution is -2.23. The molecule has 0 fully saturated rings. The summed E-state index contributed by atoms with van der Waals surface area (Å²) in [6, 6.07) is 8.01. The summed E-state index contributed by atoms with van der Waals surface area (Å²) in [4.78, 5) is 23.6. The number of rotatable bonds is 7. The molecule has 0 aliphatic carbocycles. The number of alkyl halides is 3. The van der Waals surface area contributed by atoms with Crippen LogP contribution in [0.3, 0.4) is 0 Å². The van der Waals surface area contributed by atoms with Gasteiger partial charge in [0.15, 0.2) is 0 Å². The van der Waals surface area contributed by atoms with Crippen LogP contribution in [0.2, 0.25) is 0 Å². The molecule has 0 spiro atoms. The first-order chi connectivity index (χ1) is 13.1. The standard InChI is InChI=1S/C19H16F4O5/c1-3-26-18(25)17(11(2)24)15-9-8-14(10-16(15)20)27-12-4-6-13(7-5-12)28-19(21,22)23/h4-10,17H,3H2,1-2H3. The molecule has 2 aromatic rings. The second-order valence-electron chi connectivity index (χ2n) is 5.60. The van der Waals surface area contributed by atoms with E-state index in [-0.39, 0.29) is 23.7 Å². The number of carbonyl (C=O) groups is 2. The molecule has 0 amide bonds. The van der Waals surface area contributed by atoms with E-state index in [4.69, 9.17) is 9.47 Å². The van der Waals surface area contributed by atoms with Crippen molar-refractivity contribution in [2.75, 3.05) is 6.61 Å². The number of ether oxygens (including phenoxy) is 3. The van der Waals surface area contributed by atoms with Gasteiger partial charge < -0.3 is 14.2 Å². The van der Waals surface area contributed by atoms with Crippen LogP contribution in [-0.4, -0.2) is 24.7 Å². The highest BCUT2D eigenvalue weighted by atomic mass is 19.4. The van der Waals surface area contributed by atoms with Crippen molar-refractivity contribution in [1.29, 1.82) is 0 Å². The van der Waals surface area contributed by atoms with Crippen LogP contribution >= 0.6 is 0 Å². The molecule has 0 aromatic heterocycles. The molecule has 0 aliphatic heterocycles. The van der Waals surface area contributed by atoms with E-state index in [0.29, 0.717) is 0 Å². The summed E-state index contributed by atoms with van der Waals surface area (Å²) in [5, 5.41) is 0. The van der Waals surface area contributed by atoms with E-state index in [1.807, 2.05) is 0 Å². The maximum atomic E-state index is 14.4. The van der Waals surface area contributed by atoms with Crippen molar-refractivity contribution in [3.63, 3.8) is 0 Å². The van der Waals surface area contributed by atoms with Crippen LogP contribution in [-0.2, 0) is 14.3 Å². The van der Waals surface area contributed by atoms with Gasteiger partial charge in [-0.05, 0) is 44.2 Å². The van der Waals surface area contributed by atoms with E-state index in [2.05, 4.69) is 4.74 Å². The molecule has 0 bridgehead atoms. The molecule has 0 heterocycles. The number of hydrogen-bond acceptors (Lipinski definition) is 5. The minimum absolute atomic E-state index is 0.0249. The van der Waals surface area contributed by atoms with Gasteiger partial charge >= 0.3 is 12.3 Å². The van der Waals surface area contributed by atoms with Gasteiger partial charge in [-0.15, -0.1) is 13.2 Å². The van der Waals surface area contributed by atoms with Gasteiger partial charge in [-0.1, -0.05) is 6.07 Å². The van der Waals surface area contributed by atoms with Crippen LogP contribution in [0.1, 0.15) is 25.3 Å². The van der Waals surface area contributed by atoms with Crippen LogP contribution in [0.4, 0.5) is 17.6 Å². The van der Waals surface area contributed by atoms with Crippen LogP contribution in [0.15, 0.2) is 42.5 Å². The lowest BCUT2D eigenvalue weighted by molar-refractivity contribution is -0.274. The Labute approximate surface area is 157 Å². The zero-order valence-electron chi connectivity index (χ0n) is 14.9. The van der Waals surface area contributed by atoms with Gasteiger partial charge in [0.1, 0.15) is 34.8 Å². The summed E-state index contributed by atoms with van der Waals surface area (Å²) in [5.41, 5.74) is -0.160. The van der Waals surface area contributed by atoms with Crippen molar-refractivity contribution in [3.8, 4) is 17.2 Å². The highest BCUT2D eigenvalue weighted by Crippen LogP contribution is 2.30. The largest absolute Gasteiger partial charge is 0.573 e. The summed E-state index contributed by atoms with van der Waals surface area (Å²) in [6.45, 7) is 2.75. The maximum absolute atomic E-state index is 14.4. The number of ketones is 1. The van der Waals surface area contributed by atoms with Gasteiger partial charge in [-0.25, -0.2) is 4.39 Å². The monoisotopic (exact) mass is 400 g/mol. The van der Waals surface area contributed by atoms with E-state index < -0.39 is 35.6 Å². The van der Waals surface area contributed by atoms with Gasteiger partial charge in [0.2, 0.25) is 0 Å². The minimum atomic E-state index is -4.81. The van der Waals surface area contributed by atoms with Crippen molar-refractivity contribution in [2.24, 2.45) is 0 Å². The van der Waals surface area contributed by atoms with Crippen LogP contribution in [0.25, 0.3) is 0 Å².